The van der Waals surface area contributed by atoms with Crippen LogP contribution in [0.4, 0.5) is 15.9 Å². The van der Waals surface area contributed by atoms with Crippen LogP contribution in [0.15, 0.2) is 42.6 Å². The summed E-state index contributed by atoms with van der Waals surface area (Å²) in [6.07, 6.45) is 1.80. The maximum Gasteiger partial charge on any atom is 0.146 e. The van der Waals surface area contributed by atoms with Gasteiger partial charge in [0.15, 0.2) is 0 Å². The van der Waals surface area contributed by atoms with Crippen molar-refractivity contribution in [3.05, 3.63) is 54.0 Å². The summed E-state index contributed by atoms with van der Waals surface area (Å²) in [5.74, 6) is 0.526. The van der Waals surface area contributed by atoms with Crippen LogP contribution in [-0.2, 0) is 5.33 Å². The Morgan fingerprint density at radius 1 is 1.22 bits per heavy atom. The molecule has 0 bridgehead atoms. The molecule has 94 valence electrons. The second-order valence-electron chi connectivity index (χ2n) is 3.85. The van der Waals surface area contributed by atoms with E-state index in [0.29, 0.717) is 12.2 Å². The molecule has 0 N–H and O–H groups in total. The molecular weight excluding hydrogens is 295 g/mol. The van der Waals surface area contributed by atoms with Crippen molar-refractivity contribution in [1.29, 1.82) is 0 Å². The van der Waals surface area contributed by atoms with E-state index in [1.54, 1.807) is 18.3 Å². The SMILES string of the molecule is CCN(c1ccc(CBr)cn1)c1ccccc1F. The number of nitrogens with zero attached hydrogens (tertiary/aromatic N) is 2. The fourth-order valence-corrected chi connectivity index (χ4v) is 2.11. The molecule has 1 heterocycles. The molecule has 0 aliphatic rings. The van der Waals surface area contributed by atoms with Gasteiger partial charge in [-0.1, -0.05) is 34.1 Å². The number of alkyl halides is 1. The summed E-state index contributed by atoms with van der Waals surface area (Å²) in [5.41, 5.74) is 1.66. The lowest BCUT2D eigenvalue weighted by molar-refractivity contribution is 0.625. The number of anilines is 2. The van der Waals surface area contributed by atoms with Crippen molar-refractivity contribution in [3.8, 4) is 0 Å². The molecule has 0 amide bonds. The average molecular weight is 309 g/mol. The van der Waals surface area contributed by atoms with Crippen LogP contribution in [0.1, 0.15) is 12.5 Å². The molecule has 0 saturated heterocycles. The largest absolute Gasteiger partial charge is 0.324 e. The molecule has 0 spiro atoms. The zero-order valence-corrected chi connectivity index (χ0v) is 11.7. The molecule has 0 aliphatic carbocycles. The van der Waals surface area contributed by atoms with Gasteiger partial charge in [-0.05, 0) is 30.7 Å². The minimum absolute atomic E-state index is 0.231. The number of aromatic nitrogens is 1. The molecule has 18 heavy (non-hydrogen) atoms. The molecule has 0 saturated carbocycles. The van der Waals surface area contributed by atoms with Gasteiger partial charge in [0.05, 0.1) is 5.69 Å². The molecule has 1 aromatic heterocycles. The lowest BCUT2D eigenvalue weighted by Gasteiger charge is -2.22. The van der Waals surface area contributed by atoms with E-state index < -0.39 is 0 Å². The number of pyridine rings is 1. The zero-order chi connectivity index (χ0) is 13.0. The summed E-state index contributed by atoms with van der Waals surface area (Å²) < 4.78 is 13.8. The maximum absolute atomic E-state index is 13.8. The molecule has 2 nitrogen and oxygen atoms in total. The van der Waals surface area contributed by atoms with E-state index in [1.165, 1.54) is 6.07 Å². The van der Waals surface area contributed by atoms with Crippen LogP contribution < -0.4 is 4.90 Å². The van der Waals surface area contributed by atoms with Crippen LogP contribution in [-0.4, -0.2) is 11.5 Å². The molecule has 2 aromatic rings. The normalized spacial score (nSPS) is 10.4. The Morgan fingerprint density at radius 2 is 2.00 bits per heavy atom. The first kappa shape index (κ1) is 13.0. The molecule has 0 atom stereocenters. The van der Waals surface area contributed by atoms with Crippen molar-refractivity contribution >= 4 is 27.4 Å². The minimum atomic E-state index is -0.231. The topological polar surface area (TPSA) is 16.1 Å². The van der Waals surface area contributed by atoms with Gasteiger partial charge in [-0.25, -0.2) is 9.37 Å². The number of para-hydroxylation sites is 1. The Kier molecular flexibility index (Phi) is 4.31. The molecule has 4 heteroatoms. The third kappa shape index (κ3) is 2.70. The monoisotopic (exact) mass is 308 g/mol. The van der Waals surface area contributed by atoms with Gasteiger partial charge in [0.1, 0.15) is 11.6 Å². The third-order valence-corrected chi connectivity index (χ3v) is 3.35. The van der Waals surface area contributed by atoms with Crippen molar-refractivity contribution in [2.24, 2.45) is 0 Å². The fraction of sp³-hybridized carbons (Fsp3) is 0.214. The number of hydrogen-bond acceptors (Lipinski definition) is 2. The van der Waals surface area contributed by atoms with Crippen molar-refractivity contribution in [2.75, 3.05) is 11.4 Å². The van der Waals surface area contributed by atoms with E-state index >= 15 is 0 Å². The van der Waals surface area contributed by atoms with Crippen LogP contribution in [0.5, 0.6) is 0 Å². The van der Waals surface area contributed by atoms with Crippen molar-refractivity contribution in [3.63, 3.8) is 0 Å². The van der Waals surface area contributed by atoms with Crippen molar-refractivity contribution < 1.29 is 4.39 Å². The van der Waals surface area contributed by atoms with E-state index in [9.17, 15) is 4.39 Å². The summed E-state index contributed by atoms with van der Waals surface area (Å²) in [4.78, 5) is 6.22. The predicted octanol–water partition coefficient (Wildman–Crippen LogP) is 4.27. The van der Waals surface area contributed by atoms with Gasteiger partial charge >= 0.3 is 0 Å². The van der Waals surface area contributed by atoms with Crippen LogP contribution in [0, 0.1) is 5.82 Å². The Labute approximate surface area is 115 Å². The molecule has 2 rings (SSSR count). The smallest absolute Gasteiger partial charge is 0.146 e. The van der Waals surface area contributed by atoms with Gasteiger partial charge in [0.25, 0.3) is 0 Å². The first-order chi connectivity index (χ1) is 8.76. The van der Waals surface area contributed by atoms with E-state index in [-0.39, 0.29) is 5.82 Å². The quantitative estimate of drug-likeness (QED) is 0.784. The van der Waals surface area contributed by atoms with Crippen molar-refractivity contribution in [1.82, 2.24) is 4.98 Å². The van der Waals surface area contributed by atoms with Crippen LogP contribution in [0.25, 0.3) is 0 Å². The summed E-state index contributed by atoms with van der Waals surface area (Å²) in [5, 5.41) is 0.770. The van der Waals surface area contributed by atoms with Gasteiger partial charge < -0.3 is 4.90 Å². The lowest BCUT2D eigenvalue weighted by atomic mass is 10.2. The first-order valence-corrected chi connectivity index (χ1v) is 6.91. The maximum atomic E-state index is 13.8. The second kappa shape index (κ2) is 5.96. The van der Waals surface area contributed by atoms with Gasteiger partial charge in [-0.3, -0.25) is 0 Å². The van der Waals surface area contributed by atoms with Gasteiger partial charge in [-0.15, -0.1) is 0 Å². The van der Waals surface area contributed by atoms with Crippen LogP contribution in [0.2, 0.25) is 0 Å². The second-order valence-corrected chi connectivity index (χ2v) is 4.41. The molecule has 0 fully saturated rings. The summed E-state index contributed by atoms with van der Waals surface area (Å²) in [6, 6.07) is 10.6. The number of hydrogen-bond donors (Lipinski definition) is 0. The Balaban J connectivity index is 2.36. The molecule has 0 aliphatic heterocycles. The van der Waals surface area contributed by atoms with Gasteiger partial charge in [0, 0.05) is 18.1 Å². The van der Waals surface area contributed by atoms with E-state index in [1.807, 2.05) is 30.0 Å². The van der Waals surface area contributed by atoms with Gasteiger partial charge in [0.2, 0.25) is 0 Å². The third-order valence-electron chi connectivity index (χ3n) is 2.70. The van der Waals surface area contributed by atoms with Gasteiger partial charge in [-0.2, -0.15) is 0 Å². The number of halogens is 2. The Morgan fingerprint density at radius 3 is 2.56 bits per heavy atom. The Hall–Kier alpha value is -1.42. The molecule has 1 aromatic carbocycles. The van der Waals surface area contributed by atoms with E-state index in [4.69, 9.17) is 0 Å². The minimum Gasteiger partial charge on any atom is -0.324 e. The highest BCUT2D eigenvalue weighted by Crippen LogP contribution is 2.26. The fourth-order valence-electron chi connectivity index (χ4n) is 1.78. The highest BCUT2D eigenvalue weighted by Gasteiger charge is 2.12. The number of benzene rings is 1. The van der Waals surface area contributed by atoms with Crippen molar-refractivity contribution in [2.45, 2.75) is 12.3 Å². The Bertz CT molecular complexity index is 513. The zero-order valence-electron chi connectivity index (χ0n) is 10.1. The van der Waals surface area contributed by atoms with Crippen LogP contribution >= 0.6 is 15.9 Å². The lowest BCUT2D eigenvalue weighted by Crippen LogP contribution is -2.18. The van der Waals surface area contributed by atoms with E-state index in [2.05, 4.69) is 20.9 Å². The molecule has 0 radical (unpaired) electrons. The highest BCUT2D eigenvalue weighted by atomic mass is 79.9. The number of rotatable bonds is 4. The summed E-state index contributed by atoms with van der Waals surface area (Å²) >= 11 is 3.38. The van der Waals surface area contributed by atoms with Crippen LogP contribution in [0.3, 0.4) is 0 Å². The predicted molar refractivity (Wildman–Crippen MR) is 75.9 cm³/mol. The summed E-state index contributed by atoms with van der Waals surface area (Å²) in [7, 11) is 0. The average Bonchev–Trinajstić information content (AvgIpc) is 2.42. The summed E-state index contributed by atoms with van der Waals surface area (Å²) in [6.45, 7) is 2.65. The standard InChI is InChI=1S/C14H14BrFN2/c1-2-18(13-6-4-3-5-12(13)16)14-8-7-11(9-15)10-17-14/h3-8,10H,2,9H2,1H3. The first-order valence-electron chi connectivity index (χ1n) is 5.79. The molecule has 0 unspecified atom stereocenters. The highest BCUT2D eigenvalue weighted by molar-refractivity contribution is 9.08. The van der Waals surface area contributed by atoms with E-state index in [0.717, 1.165) is 16.7 Å². The molecular formula is C14H14BrFN2.